The molecule has 0 aromatic heterocycles. The molecule has 1 aliphatic carbocycles. The van der Waals surface area contributed by atoms with E-state index >= 15 is 0 Å². The molecular formula is C16H25ClO5Si. The molecule has 3 aliphatic heterocycles. The van der Waals surface area contributed by atoms with Gasteiger partial charge < -0.3 is 18.6 Å². The summed E-state index contributed by atoms with van der Waals surface area (Å²) in [7, 11) is -1.72. The van der Waals surface area contributed by atoms with E-state index in [1.807, 2.05) is 13.0 Å². The number of hydrogen-bond acceptors (Lipinski definition) is 5. The maximum absolute atomic E-state index is 11.7. The normalized spacial score (nSPS) is 43.9. The summed E-state index contributed by atoms with van der Waals surface area (Å²) >= 11 is 5.61. The van der Waals surface area contributed by atoms with Gasteiger partial charge in [-0.25, -0.2) is 0 Å². The van der Waals surface area contributed by atoms with Crippen molar-refractivity contribution in [2.24, 2.45) is 17.8 Å². The number of alkyl halides is 1. The van der Waals surface area contributed by atoms with Crippen LogP contribution in [0.5, 0.6) is 0 Å². The third-order valence-corrected chi connectivity index (χ3v) is 7.74. The molecule has 7 heteroatoms. The van der Waals surface area contributed by atoms with E-state index in [4.69, 9.17) is 30.2 Å². The molecule has 0 aromatic carbocycles. The van der Waals surface area contributed by atoms with Gasteiger partial charge in [0.25, 0.3) is 0 Å². The summed E-state index contributed by atoms with van der Waals surface area (Å²) in [4.78, 5) is 11.7. The molecule has 5 nitrogen and oxygen atoms in total. The number of fused-ring (bicyclic) bond motifs is 2. The highest BCUT2D eigenvalue weighted by Gasteiger charge is 2.64. The predicted octanol–water partition coefficient (Wildman–Crippen LogP) is 2.55. The number of esters is 1. The van der Waals surface area contributed by atoms with Crippen LogP contribution in [0.4, 0.5) is 0 Å². The van der Waals surface area contributed by atoms with E-state index in [-0.39, 0.29) is 36.2 Å². The van der Waals surface area contributed by atoms with Crippen molar-refractivity contribution in [3.05, 3.63) is 12.7 Å². The van der Waals surface area contributed by atoms with Gasteiger partial charge in [0.05, 0.1) is 6.10 Å². The predicted molar refractivity (Wildman–Crippen MR) is 88.7 cm³/mol. The average molecular weight is 361 g/mol. The zero-order valence-electron chi connectivity index (χ0n) is 13.9. The van der Waals surface area contributed by atoms with Crippen molar-refractivity contribution < 1.29 is 23.4 Å². The number of halogens is 1. The highest BCUT2D eigenvalue weighted by molar-refractivity contribution is 6.71. The van der Waals surface area contributed by atoms with Crippen LogP contribution < -0.4 is 0 Å². The van der Waals surface area contributed by atoms with Crippen LogP contribution in [0.1, 0.15) is 6.92 Å². The zero-order valence-corrected chi connectivity index (χ0v) is 15.6. The molecule has 23 heavy (non-hydrogen) atoms. The van der Waals surface area contributed by atoms with E-state index in [0.29, 0.717) is 12.5 Å². The van der Waals surface area contributed by atoms with Crippen molar-refractivity contribution in [1.29, 1.82) is 0 Å². The monoisotopic (exact) mass is 360 g/mol. The van der Waals surface area contributed by atoms with Crippen LogP contribution in [0.15, 0.2) is 12.7 Å². The van der Waals surface area contributed by atoms with Crippen molar-refractivity contribution in [2.45, 2.75) is 50.7 Å². The van der Waals surface area contributed by atoms with Crippen molar-refractivity contribution in [1.82, 2.24) is 0 Å². The van der Waals surface area contributed by atoms with E-state index in [1.165, 1.54) is 0 Å². The smallest absolute Gasteiger partial charge is 0.321 e. The largest absolute Gasteiger partial charge is 0.458 e. The Kier molecular flexibility index (Phi) is 4.91. The van der Waals surface area contributed by atoms with Gasteiger partial charge in [0.1, 0.15) is 18.1 Å². The van der Waals surface area contributed by atoms with Crippen LogP contribution in [-0.2, 0) is 23.4 Å². The fourth-order valence-electron chi connectivity index (χ4n) is 4.48. The molecule has 7 atom stereocenters. The molecule has 130 valence electrons. The second-order valence-corrected chi connectivity index (χ2v) is 11.5. The first-order chi connectivity index (χ1) is 10.9. The first kappa shape index (κ1) is 17.4. The van der Waals surface area contributed by atoms with Crippen LogP contribution in [0.2, 0.25) is 19.1 Å². The Balaban J connectivity index is 1.92. The Bertz CT molecular complexity index is 485. The highest BCUT2D eigenvalue weighted by atomic mass is 35.5. The van der Waals surface area contributed by atoms with Gasteiger partial charge >= 0.3 is 5.97 Å². The van der Waals surface area contributed by atoms with Gasteiger partial charge in [-0.3, -0.25) is 4.79 Å². The van der Waals surface area contributed by atoms with Crippen LogP contribution >= 0.6 is 11.6 Å². The van der Waals surface area contributed by atoms with Gasteiger partial charge in [0, 0.05) is 18.4 Å². The van der Waals surface area contributed by atoms with Gasteiger partial charge in [0.15, 0.2) is 14.6 Å². The molecule has 0 radical (unpaired) electrons. The molecule has 0 spiro atoms. The summed E-state index contributed by atoms with van der Waals surface area (Å²) in [6.07, 6.45) is 0.853. The number of hydrogen-bond donors (Lipinski definition) is 0. The SMILES string of the molecule is C=C[C@H]1[C@H](OC(=O)CCl)[C@H]2O[C@H](OCC)[C@@H]1[C@@H]1C[Si](C)(C)O[C@@H]12. The Morgan fingerprint density at radius 1 is 1.43 bits per heavy atom. The van der Waals surface area contributed by atoms with E-state index < -0.39 is 20.4 Å². The first-order valence-corrected chi connectivity index (χ1v) is 11.9. The van der Waals surface area contributed by atoms with E-state index in [0.717, 1.165) is 6.04 Å². The number of carbonyl (C=O) groups is 1. The molecule has 1 saturated carbocycles. The summed E-state index contributed by atoms with van der Waals surface area (Å²) in [5, 5.41) is 0. The molecule has 2 bridgehead atoms. The lowest BCUT2D eigenvalue weighted by molar-refractivity contribution is -0.323. The fraction of sp³-hybridized carbons (Fsp3) is 0.812. The summed E-state index contributed by atoms with van der Waals surface area (Å²) in [6, 6.07) is 1.08. The summed E-state index contributed by atoms with van der Waals surface area (Å²) in [5.41, 5.74) is 0. The Morgan fingerprint density at radius 2 is 2.17 bits per heavy atom. The third kappa shape index (κ3) is 3.00. The Hall–Kier alpha value is -0.403. The third-order valence-electron chi connectivity index (χ3n) is 5.16. The van der Waals surface area contributed by atoms with Gasteiger partial charge in [-0.1, -0.05) is 6.08 Å². The number of rotatable bonds is 5. The zero-order chi connectivity index (χ0) is 16.8. The Morgan fingerprint density at radius 3 is 2.78 bits per heavy atom. The fourth-order valence-corrected chi connectivity index (χ4v) is 7.33. The lowest BCUT2D eigenvalue weighted by Crippen LogP contribution is -2.66. The lowest BCUT2D eigenvalue weighted by atomic mass is 9.65. The molecule has 3 saturated heterocycles. The molecule has 3 heterocycles. The molecule has 0 aromatic rings. The molecule has 0 amide bonds. The first-order valence-electron chi connectivity index (χ1n) is 8.24. The topological polar surface area (TPSA) is 54.0 Å². The summed E-state index contributed by atoms with van der Waals surface area (Å²) in [6.45, 7) is 11.0. The van der Waals surface area contributed by atoms with E-state index in [1.54, 1.807) is 0 Å². The Labute approximate surface area is 143 Å². The van der Waals surface area contributed by atoms with Crippen molar-refractivity contribution in [2.75, 3.05) is 12.5 Å². The van der Waals surface area contributed by atoms with Crippen molar-refractivity contribution >= 4 is 25.9 Å². The average Bonchev–Trinajstić information content (AvgIpc) is 2.84. The van der Waals surface area contributed by atoms with E-state index in [2.05, 4.69) is 19.7 Å². The van der Waals surface area contributed by atoms with Crippen LogP contribution in [0.25, 0.3) is 0 Å². The van der Waals surface area contributed by atoms with Gasteiger partial charge in [-0.2, -0.15) is 0 Å². The standard InChI is InChI=1S/C16H25ClO5Si/c1-5-9-12-10-8-23(3,4)22-14(10)15(21-16(12)19-6-2)13(9)20-11(18)7-17/h5,9-10,12-16H,1,6-8H2,2-4H3/t9-,10+,12+,13+,14+,15-,16+/m1/s1. The molecule has 0 unspecified atom stereocenters. The van der Waals surface area contributed by atoms with Gasteiger partial charge in [-0.15, -0.1) is 18.2 Å². The summed E-state index contributed by atoms with van der Waals surface area (Å²) in [5.74, 6) is -0.114. The molecular weight excluding hydrogens is 336 g/mol. The molecule has 4 rings (SSSR count). The van der Waals surface area contributed by atoms with E-state index in [9.17, 15) is 4.79 Å². The van der Waals surface area contributed by atoms with Crippen LogP contribution in [-0.4, -0.2) is 51.4 Å². The van der Waals surface area contributed by atoms with Crippen LogP contribution in [0, 0.1) is 17.8 Å². The maximum Gasteiger partial charge on any atom is 0.321 e. The quantitative estimate of drug-likeness (QED) is 0.326. The second-order valence-electron chi connectivity index (χ2n) is 7.11. The second kappa shape index (κ2) is 6.48. The number of carbonyl (C=O) groups excluding carboxylic acids is 1. The molecule has 4 fully saturated rings. The van der Waals surface area contributed by atoms with Crippen LogP contribution in [0.3, 0.4) is 0 Å². The lowest BCUT2D eigenvalue weighted by Gasteiger charge is -2.55. The van der Waals surface area contributed by atoms with Gasteiger partial charge in [-0.05, 0) is 32.0 Å². The maximum atomic E-state index is 11.7. The number of ether oxygens (including phenoxy) is 3. The minimum atomic E-state index is -1.72. The van der Waals surface area contributed by atoms with Crippen molar-refractivity contribution in [3.63, 3.8) is 0 Å². The van der Waals surface area contributed by atoms with Gasteiger partial charge in [0.2, 0.25) is 0 Å². The van der Waals surface area contributed by atoms with Crippen molar-refractivity contribution in [3.8, 4) is 0 Å². The minimum absolute atomic E-state index is 0.00483. The summed E-state index contributed by atoms with van der Waals surface area (Å²) < 4.78 is 23.9. The minimum Gasteiger partial charge on any atom is -0.458 e. The molecule has 4 aliphatic rings. The molecule has 0 N–H and O–H groups in total. The highest BCUT2D eigenvalue weighted by Crippen LogP contribution is 2.54.